The fourth-order valence-electron chi connectivity index (χ4n) is 1.59. The van der Waals surface area contributed by atoms with E-state index in [-0.39, 0.29) is 5.91 Å². The SMILES string of the molecule is CON(C)C(=O)CSc1ccc2ccccc2c1. The monoisotopic (exact) mass is 261 g/mol. The van der Waals surface area contributed by atoms with Crippen molar-refractivity contribution in [1.82, 2.24) is 5.06 Å². The number of hydrogen-bond acceptors (Lipinski definition) is 3. The van der Waals surface area contributed by atoms with E-state index in [4.69, 9.17) is 4.84 Å². The molecule has 2 rings (SSSR count). The van der Waals surface area contributed by atoms with Crippen LogP contribution in [0, 0.1) is 0 Å². The summed E-state index contributed by atoms with van der Waals surface area (Å²) in [6, 6.07) is 14.4. The number of fused-ring (bicyclic) bond motifs is 1. The van der Waals surface area contributed by atoms with Crippen molar-refractivity contribution in [2.45, 2.75) is 4.90 Å². The summed E-state index contributed by atoms with van der Waals surface area (Å²) in [6.45, 7) is 0. The molecular weight excluding hydrogens is 246 g/mol. The number of thioether (sulfide) groups is 1. The van der Waals surface area contributed by atoms with Gasteiger partial charge in [0.2, 0.25) is 0 Å². The zero-order valence-corrected chi connectivity index (χ0v) is 11.2. The number of hydrogen-bond donors (Lipinski definition) is 0. The number of hydroxylamine groups is 2. The third-order valence-corrected chi connectivity index (χ3v) is 3.69. The molecule has 0 aliphatic rings. The molecule has 0 aliphatic carbocycles. The van der Waals surface area contributed by atoms with Crippen molar-refractivity contribution in [3.05, 3.63) is 42.5 Å². The molecule has 18 heavy (non-hydrogen) atoms. The first kappa shape index (κ1) is 12.9. The number of carbonyl (C=O) groups is 1. The van der Waals surface area contributed by atoms with Crippen LogP contribution in [-0.2, 0) is 9.63 Å². The van der Waals surface area contributed by atoms with E-state index in [0.717, 1.165) is 4.90 Å². The average molecular weight is 261 g/mol. The molecule has 0 atom stereocenters. The summed E-state index contributed by atoms with van der Waals surface area (Å²) >= 11 is 1.52. The maximum atomic E-state index is 11.6. The second-order valence-corrected chi connectivity index (χ2v) is 4.92. The Balaban J connectivity index is 2.06. The molecule has 0 N–H and O–H groups in total. The van der Waals surface area contributed by atoms with Gasteiger partial charge in [0.25, 0.3) is 5.91 Å². The van der Waals surface area contributed by atoms with Crippen molar-refractivity contribution in [2.24, 2.45) is 0 Å². The zero-order valence-electron chi connectivity index (χ0n) is 10.4. The molecule has 0 aliphatic heterocycles. The number of nitrogens with zero attached hydrogens (tertiary/aromatic N) is 1. The zero-order chi connectivity index (χ0) is 13.0. The molecule has 0 bridgehead atoms. The lowest BCUT2D eigenvalue weighted by Crippen LogP contribution is -2.26. The molecule has 0 spiro atoms. The normalized spacial score (nSPS) is 10.6. The third kappa shape index (κ3) is 3.03. The van der Waals surface area contributed by atoms with Gasteiger partial charge >= 0.3 is 0 Å². The predicted molar refractivity (Wildman–Crippen MR) is 74.5 cm³/mol. The molecule has 0 aromatic heterocycles. The van der Waals surface area contributed by atoms with Crippen LogP contribution in [0.5, 0.6) is 0 Å². The number of rotatable bonds is 4. The van der Waals surface area contributed by atoms with Crippen molar-refractivity contribution in [3.63, 3.8) is 0 Å². The standard InChI is InChI=1S/C14H15NO2S/c1-15(17-2)14(16)10-18-13-8-7-11-5-3-4-6-12(11)9-13/h3-9H,10H2,1-2H3. The molecule has 3 nitrogen and oxygen atoms in total. The Labute approximate surface area is 111 Å². The smallest absolute Gasteiger partial charge is 0.256 e. The topological polar surface area (TPSA) is 29.5 Å². The van der Waals surface area contributed by atoms with Gasteiger partial charge in [-0.05, 0) is 22.9 Å². The van der Waals surface area contributed by atoms with Gasteiger partial charge in [-0.2, -0.15) is 0 Å². The van der Waals surface area contributed by atoms with Gasteiger partial charge in [-0.25, -0.2) is 5.06 Å². The van der Waals surface area contributed by atoms with Gasteiger partial charge in [-0.1, -0.05) is 30.3 Å². The summed E-state index contributed by atoms with van der Waals surface area (Å²) in [5, 5.41) is 3.64. The number of carbonyl (C=O) groups excluding carboxylic acids is 1. The minimum absolute atomic E-state index is 0.0457. The summed E-state index contributed by atoms with van der Waals surface area (Å²) in [5.41, 5.74) is 0. The first-order valence-electron chi connectivity index (χ1n) is 5.63. The molecule has 0 fully saturated rings. The molecular formula is C14H15NO2S. The van der Waals surface area contributed by atoms with E-state index in [2.05, 4.69) is 24.3 Å². The third-order valence-electron chi connectivity index (χ3n) is 2.71. The van der Waals surface area contributed by atoms with E-state index in [1.807, 2.05) is 18.2 Å². The van der Waals surface area contributed by atoms with Crippen LogP contribution in [0.15, 0.2) is 47.4 Å². The minimum Gasteiger partial charge on any atom is -0.275 e. The minimum atomic E-state index is -0.0457. The largest absolute Gasteiger partial charge is 0.275 e. The van der Waals surface area contributed by atoms with E-state index in [9.17, 15) is 4.79 Å². The highest BCUT2D eigenvalue weighted by atomic mass is 32.2. The maximum Gasteiger partial charge on any atom is 0.256 e. The molecule has 94 valence electrons. The first-order valence-corrected chi connectivity index (χ1v) is 6.61. The van der Waals surface area contributed by atoms with Crippen molar-refractivity contribution in [3.8, 4) is 0 Å². The lowest BCUT2D eigenvalue weighted by Gasteiger charge is -2.13. The molecule has 0 heterocycles. The van der Waals surface area contributed by atoms with E-state index >= 15 is 0 Å². The van der Waals surface area contributed by atoms with E-state index in [1.165, 1.54) is 34.7 Å². The maximum absolute atomic E-state index is 11.6. The highest BCUT2D eigenvalue weighted by Gasteiger charge is 2.08. The second-order valence-electron chi connectivity index (χ2n) is 3.87. The van der Waals surface area contributed by atoms with Crippen molar-refractivity contribution in [2.75, 3.05) is 19.9 Å². The number of benzene rings is 2. The predicted octanol–water partition coefficient (Wildman–Crippen LogP) is 2.95. The molecule has 1 amide bonds. The van der Waals surface area contributed by atoms with Crippen molar-refractivity contribution >= 4 is 28.4 Å². The lowest BCUT2D eigenvalue weighted by atomic mass is 10.1. The highest BCUT2D eigenvalue weighted by Crippen LogP contribution is 2.23. The summed E-state index contributed by atoms with van der Waals surface area (Å²) in [6.07, 6.45) is 0. The molecule has 2 aromatic rings. The first-order chi connectivity index (χ1) is 8.70. The summed E-state index contributed by atoms with van der Waals surface area (Å²) in [5.74, 6) is 0.332. The fourth-order valence-corrected chi connectivity index (χ4v) is 2.44. The lowest BCUT2D eigenvalue weighted by molar-refractivity contribution is -0.165. The molecule has 0 unspecified atom stereocenters. The summed E-state index contributed by atoms with van der Waals surface area (Å²) < 4.78 is 0. The van der Waals surface area contributed by atoms with Gasteiger partial charge < -0.3 is 0 Å². The van der Waals surface area contributed by atoms with E-state index < -0.39 is 0 Å². The average Bonchev–Trinajstić information content (AvgIpc) is 2.43. The molecule has 0 saturated heterocycles. The second kappa shape index (κ2) is 5.89. The van der Waals surface area contributed by atoms with Crippen molar-refractivity contribution < 1.29 is 9.63 Å². The number of amides is 1. The molecule has 0 saturated carbocycles. The van der Waals surface area contributed by atoms with Crippen LogP contribution in [0.2, 0.25) is 0 Å². The van der Waals surface area contributed by atoms with E-state index in [1.54, 1.807) is 7.05 Å². The van der Waals surface area contributed by atoms with Crippen LogP contribution in [0.1, 0.15) is 0 Å². The van der Waals surface area contributed by atoms with Gasteiger partial charge in [0, 0.05) is 11.9 Å². The van der Waals surface area contributed by atoms with E-state index in [0.29, 0.717) is 5.75 Å². The van der Waals surface area contributed by atoms with Crippen LogP contribution in [0.4, 0.5) is 0 Å². The van der Waals surface area contributed by atoms with Crippen molar-refractivity contribution in [1.29, 1.82) is 0 Å². The van der Waals surface area contributed by atoms with Gasteiger partial charge in [0.1, 0.15) is 0 Å². The van der Waals surface area contributed by atoms with Crippen LogP contribution in [-0.4, -0.2) is 30.9 Å². The van der Waals surface area contributed by atoms with Gasteiger partial charge in [0.05, 0.1) is 12.9 Å². The fraction of sp³-hybridized carbons (Fsp3) is 0.214. The summed E-state index contributed by atoms with van der Waals surface area (Å²) in [4.78, 5) is 17.5. The Morgan fingerprint density at radius 2 is 1.94 bits per heavy atom. The van der Waals surface area contributed by atoms with Gasteiger partial charge in [-0.3, -0.25) is 9.63 Å². The highest BCUT2D eigenvalue weighted by molar-refractivity contribution is 8.00. The van der Waals surface area contributed by atoms with Crippen LogP contribution in [0.3, 0.4) is 0 Å². The Hall–Kier alpha value is -1.52. The Bertz CT molecular complexity index is 556. The summed E-state index contributed by atoms with van der Waals surface area (Å²) in [7, 11) is 3.10. The Morgan fingerprint density at radius 1 is 1.22 bits per heavy atom. The Morgan fingerprint density at radius 3 is 2.67 bits per heavy atom. The molecule has 2 aromatic carbocycles. The van der Waals surface area contributed by atoms with Crippen LogP contribution in [0.25, 0.3) is 10.8 Å². The van der Waals surface area contributed by atoms with Crippen LogP contribution >= 0.6 is 11.8 Å². The van der Waals surface area contributed by atoms with Crippen LogP contribution < -0.4 is 0 Å². The van der Waals surface area contributed by atoms with Gasteiger partial charge in [-0.15, -0.1) is 11.8 Å². The Kier molecular flexibility index (Phi) is 4.23. The molecule has 0 radical (unpaired) electrons. The van der Waals surface area contributed by atoms with Gasteiger partial charge in [0.15, 0.2) is 0 Å². The quantitative estimate of drug-likeness (QED) is 0.626. The molecule has 4 heteroatoms.